The molecule has 0 bridgehead atoms. The van der Waals surface area contributed by atoms with Crippen LogP contribution in [-0.2, 0) is 0 Å². The van der Waals surface area contributed by atoms with Gasteiger partial charge in [-0.1, -0.05) is 18.9 Å². The minimum absolute atomic E-state index is 0.674. The van der Waals surface area contributed by atoms with Crippen molar-refractivity contribution >= 4 is 0 Å². The Balaban J connectivity index is 2.19. The molecule has 2 nitrogen and oxygen atoms in total. The first-order chi connectivity index (χ1) is 6.84. The molecule has 82 valence electrons. The molecule has 0 aromatic rings. The van der Waals surface area contributed by atoms with Crippen LogP contribution < -0.4 is 5.32 Å². The van der Waals surface area contributed by atoms with Gasteiger partial charge >= 0.3 is 0 Å². The zero-order valence-corrected chi connectivity index (χ0v) is 9.47. The van der Waals surface area contributed by atoms with Crippen molar-refractivity contribution in [2.24, 2.45) is 0 Å². The molecule has 0 amide bonds. The molecule has 0 spiro atoms. The average molecular weight is 196 g/mol. The van der Waals surface area contributed by atoms with E-state index in [1.807, 2.05) is 6.08 Å². The summed E-state index contributed by atoms with van der Waals surface area (Å²) in [5, 5.41) is 3.39. The second-order valence-corrected chi connectivity index (χ2v) is 4.25. The Morgan fingerprint density at radius 3 is 2.50 bits per heavy atom. The maximum absolute atomic E-state index is 3.71. The van der Waals surface area contributed by atoms with Crippen molar-refractivity contribution in [1.82, 2.24) is 10.2 Å². The standard InChI is InChI=1S/C12H24N2/c1-3-8-13-11-12(2)14-9-6-4-5-7-10-14/h3,12-13H,1,4-11H2,2H3. The Labute approximate surface area is 88.4 Å². The van der Waals surface area contributed by atoms with Gasteiger partial charge in [0.15, 0.2) is 0 Å². The van der Waals surface area contributed by atoms with Gasteiger partial charge < -0.3 is 5.32 Å². The van der Waals surface area contributed by atoms with Crippen molar-refractivity contribution in [3.8, 4) is 0 Å². The van der Waals surface area contributed by atoms with E-state index in [1.165, 1.54) is 38.8 Å². The van der Waals surface area contributed by atoms with Crippen LogP contribution in [0, 0.1) is 0 Å². The van der Waals surface area contributed by atoms with Crippen molar-refractivity contribution in [1.29, 1.82) is 0 Å². The summed E-state index contributed by atoms with van der Waals surface area (Å²) in [5.74, 6) is 0. The Kier molecular flexibility index (Phi) is 5.88. The van der Waals surface area contributed by atoms with Crippen LogP contribution in [-0.4, -0.2) is 37.1 Å². The smallest absolute Gasteiger partial charge is 0.0192 e. The van der Waals surface area contributed by atoms with Crippen LogP contribution in [0.15, 0.2) is 12.7 Å². The molecular weight excluding hydrogens is 172 g/mol. The predicted molar refractivity (Wildman–Crippen MR) is 62.6 cm³/mol. The molecule has 1 unspecified atom stereocenters. The van der Waals surface area contributed by atoms with Crippen LogP contribution in [0.3, 0.4) is 0 Å². The fraction of sp³-hybridized carbons (Fsp3) is 0.833. The van der Waals surface area contributed by atoms with Gasteiger partial charge in [-0.15, -0.1) is 6.58 Å². The minimum Gasteiger partial charge on any atom is -0.312 e. The molecule has 1 heterocycles. The highest BCUT2D eigenvalue weighted by Crippen LogP contribution is 2.11. The maximum Gasteiger partial charge on any atom is 0.0192 e. The first kappa shape index (κ1) is 11.7. The lowest BCUT2D eigenvalue weighted by atomic mass is 10.2. The summed E-state index contributed by atoms with van der Waals surface area (Å²) in [7, 11) is 0. The van der Waals surface area contributed by atoms with Crippen LogP contribution in [0.25, 0.3) is 0 Å². The van der Waals surface area contributed by atoms with Crippen LogP contribution in [0.5, 0.6) is 0 Å². The molecule has 1 N–H and O–H groups in total. The number of nitrogens with zero attached hydrogens (tertiary/aromatic N) is 1. The molecule has 2 heteroatoms. The summed E-state index contributed by atoms with van der Waals surface area (Å²) in [6, 6.07) is 0.674. The van der Waals surface area contributed by atoms with Crippen LogP contribution >= 0.6 is 0 Å². The molecule has 0 saturated carbocycles. The monoisotopic (exact) mass is 196 g/mol. The van der Waals surface area contributed by atoms with Gasteiger partial charge in [0.1, 0.15) is 0 Å². The summed E-state index contributed by atoms with van der Waals surface area (Å²) in [6.07, 6.45) is 7.53. The fourth-order valence-corrected chi connectivity index (χ4v) is 2.06. The molecule has 0 radical (unpaired) electrons. The molecule has 1 saturated heterocycles. The van der Waals surface area contributed by atoms with Crippen molar-refractivity contribution in [3.63, 3.8) is 0 Å². The number of nitrogens with one attached hydrogen (secondary N) is 1. The van der Waals surface area contributed by atoms with Gasteiger partial charge in [-0.2, -0.15) is 0 Å². The first-order valence-electron chi connectivity index (χ1n) is 5.90. The molecular formula is C12H24N2. The van der Waals surface area contributed by atoms with E-state index < -0.39 is 0 Å². The highest BCUT2D eigenvalue weighted by molar-refractivity contribution is 4.75. The molecule has 14 heavy (non-hydrogen) atoms. The largest absolute Gasteiger partial charge is 0.312 e. The van der Waals surface area contributed by atoms with E-state index in [4.69, 9.17) is 0 Å². The third-order valence-corrected chi connectivity index (χ3v) is 2.99. The lowest BCUT2D eigenvalue weighted by Crippen LogP contribution is -2.40. The van der Waals surface area contributed by atoms with Gasteiger partial charge in [-0.25, -0.2) is 0 Å². The first-order valence-corrected chi connectivity index (χ1v) is 5.90. The van der Waals surface area contributed by atoms with E-state index in [2.05, 4.69) is 23.7 Å². The topological polar surface area (TPSA) is 15.3 Å². The van der Waals surface area contributed by atoms with E-state index in [1.54, 1.807) is 0 Å². The highest BCUT2D eigenvalue weighted by Gasteiger charge is 2.14. The molecule has 0 aliphatic carbocycles. The lowest BCUT2D eigenvalue weighted by molar-refractivity contribution is 0.213. The third kappa shape index (κ3) is 4.25. The molecule has 0 aromatic carbocycles. The van der Waals surface area contributed by atoms with E-state index >= 15 is 0 Å². The Bertz CT molecular complexity index is 148. The highest BCUT2D eigenvalue weighted by atomic mass is 15.2. The molecule has 1 aliphatic rings. The second-order valence-electron chi connectivity index (χ2n) is 4.25. The Hall–Kier alpha value is -0.340. The average Bonchev–Trinajstić information content (AvgIpc) is 2.46. The van der Waals surface area contributed by atoms with E-state index in [0.717, 1.165) is 13.1 Å². The zero-order chi connectivity index (χ0) is 10.2. The van der Waals surface area contributed by atoms with E-state index in [9.17, 15) is 0 Å². The van der Waals surface area contributed by atoms with Gasteiger partial charge in [0.25, 0.3) is 0 Å². The number of rotatable bonds is 5. The van der Waals surface area contributed by atoms with Gasteiger partial charge in [-0.3, -0.25) is 4.90 Å². The summed E-state index contributed by atoms with van der Waals surface area (Å²) in [4.78, 5) is 2.61. The molecule has 0 aromatic heterocycles. The van der Waals surface area contributed by atoms with Crippen LogP contribution in [0.1, 0.15) is 32.6 Å². The van der Waals surface area contributed by atoms with Crippen molar-refractivity contribution < 1.29 is 0 Å². The molecule has 1 atom stereocenters. The Morgan fingerprint density at radius 2 is 1.93 bits per heavy atom. The van der Waals surface area contributed by atoms with Gasteiger partial charge in [0.2, 0.25) is 0 Å². The minimum atomic E-state index is 0.674. The van der Waals surface area contributed by atoms with E-state index in [-0.39, 0.29) is 0 Å². The quantitative estimate of drug-likeness (QED) is 0.534. The maximum atomic E-state index is 3.71. The van der Waals surface area contributed by atoms with Gasteiger partial charge in [-0.05, 0) is 32.9 Å². The SMILES string of the molecule is C=CCNCC(C)N1CCCCCC1. The second kappa shape index (κ2) is 7.02. The molecule has 1 fully saturated rings. The summed E-state index contributed by atoms with van der Waals surface area (Å²) in [5.41, 5.74) is 0. The Morgan fingerprint density at radius 1 is 1.29 bits per heavy atom. The van der Waals surface area contributed by atoms with Crippen molar-refractivity contribution in [2.45, 2.75) is 38.6 Å². The predicted octanol–water partition coefficient (Wildman–Crippen LogP) is 2.03. The van der Waals surface area contributed by atoms with Crippen LogP contribution in [0.2, 0.25) is 0 Å². The summed E-state index contributed by atoms with van der Waals surface area (Å²) < 4.78 is 0. The van der Waals surface area contributed by atoms with E-state index in [0.29, 0.717) is 6.04 Å². The van der Waals surface area contributed by atoms with Gasteiger partial charge in [0.05, 0.1) is 0 Å². The third-order valence-electron chi connectivity index (χ3n) is 2.99. The normalized spacial score (nSPS) is 21.5. The number of hydrogen-bond acceptors (Lipinski definition) is 2. The summed E-state index contributed by atoms with van der Waals surface area (Å²) >= 11 is 0. The summed E-state index contributed by atoms with van der Waals surface area (Å²) in [6.45, 7) is 10.6. The molecule has 1 aliphatic heterocycles. The zero-order valence-electron chi connectivity index (χ0n) is 9.47. The number of hydrogen-bond donors (Lipinski definition) is 1. The molecule has 1 rings (SSSR count). The van der Waals surface area contributed by atoms with Crippen molar-refractivity contribution in [2.75, 3.05) is 26.2 Å². The fourth-order valence-electron chi connectivity index (χ4n) is 2.06. The van der Waals surface area contributed by atoms with Crippen LogP contribution in [0.4, 0.5) is 0 Å². The van der Waals surface area contributed by atoms with Gasteiger partial charge in [0, 0.05) is 19.1 Å². The van der Waals surface area contributed by atoms with Crippen molar-refractivity contribution in [3.05, 3.63) is 12.7 Å². The lowest BCUT2D eigenvalue weighted by Gasteiger charge is -2.27. The number of likely N-dealkylation sites (tertiary alicyclic amines) is 1.